The minimum atomic E-state index is -1.55. The first-order valence-electron chi connectivity index (χ1n) is 2.92. The van der Waals surface area contributed by atoms with Gasteiger partial charge in [-0.15, -0.1) is 0 Å². The van der Waals surface area contributed by atoms with Crippen LogP contribution in [0.1, 0.15) is 11.3 Å². The van der Waals surface area contributed by atoms with E-state index in [0.717, 1.165) is 0 Å². The molecule has 0 saturated carbocycles. The van der Waals surface area contributed by atoms with Gasteiger partial charge in [0.2, 0.25) is 0 Å². The summed E-state index contributed by atoms with van der Waals surface area (Å²) in [7, 11) is -1.55. The number of aromatic nitrogens is 1. The maximum absolute atomic E-state index is 8.64. The van der Waals surface area contributed by atoms with Crippen molar-refractivity contribution in [2.24, 2.45) is 0 Å². The molecule has 0 aliphatic carbocycles. The molecule has 1 aromatic rings. The van der Waals surface area contributed by atoms with E-state index in [2.05, 4.69) is 9.68 Å². The van der Waals surface area contributed by atoms with Crippen LogP contribution in [-0.2, 0) is 0 Å². The monoisotopic (exact) mass is 141 g/mol. The highest BCUT2D eigenvalue weighted by atomic mass is 16.5. The predicted octanol–water partition coefficient (Wildman–Crippen LogP) is -1.03. The van der Waals surface area contributed by atoms with Crippen LogP contribution < -0.4 is 5.66 Å². The third-order valence-electron chi connectivity index (χ3n) is 1.43. The first-order valence-corrected chi connectivity index (χ1v) is 2.92. The van der Waals surface area contributed by atoms with Crippen molar-refractivity contribution in [3.05, 3.63) is 11.3 Å². The number of hydrogen-bond donors (Lipinski definition) is 2. The van der Waals surface area contributed by atoms with Crippen LogP contribution in [0.3, 0.4) is 0 Å². The Morgan fingerprint density at radius 2 is 2.00 bits per heavy atom. The molecule has 5 heteroatoms. The molecule has 54 valence electrons. The Labute approximate surface area is 58.6 Å². The molecule has 0 amide bonds. The molecule has 10 heavy (non-hydrogen) atoms. The summed E-state index contributed by atoms with van der Waals surface area (Å²) < 4.78 is 4.61. The number of rotatable bonds is 1. The van der Waals surface area contributed by atoms with Gasteiger partial charge in [-0.3, -0.25) is 0 Å². The molecular weight excluding hydrogens is 133 g/mol. The molecule has 0 spiro atoms. The Balaban J connectivity index is 3.05. The Morgan fingerprint density at radius 3 is 2.20 bits per heavy atom. The molecular formula is C5H8BNO3. The fourth-order valence-electron chi connectivity index (χ4n) is 0.674. The third-order valence-corrected chi connectivity index (χ3v) is 1.43. The molecule has 0 fully saturated rings. The van der Waals surface area contributed by atoms with Gasteiger partial charge in [-0.1, -0.05) is 5.16 Å². The molecule has 1 aromatic heterocycles. The van der Waals surface area contributed by atoms with Crippen molar-refractivity contribution in [2.45, 2.75) is 13.8 Å². The standard InChI is InChI=1S/C5H8BNO3/c1-3-4(2)7-10-5(3)6(8)9/h8-9H,1-2H3. The maximum Gasteiger partial charge on any atom is 0.529 e. The lowest BCUT2D eigenvalue weighted by Gasteiger charge is -1.90. The average Bonchev–Trinajstić information content (AvgIpc) is 2.14. The second-order valence-corrected chi connectivity index (χ2v) is 2.13. The average molecular weight is 141 g/mol. The summed E-state index contributed by atoms with van der Waals surface area (Å²) in [6.07, 6.45) is 0. The van der Waals surface area contributed by atoms with Gasteiger partial charge >= 0.3 is 7.12 Å². The van der Waals surface area contributed by atoms with Gasteiger partial charge in [0.25, 0.3) is 0 Å². The van der Waals surface area contributed by atoms with Gasteiger partial charge in [0.1, 0.15) is 0 Å². The summed E-state index contributed by atoms with van der Waals surface area (Å²) in [6, 6.07) is 0. The quantitative estimate of drug-likeness (QED) is 0.490. The van der Waals surface area contributed by atoms with Crippen LogP contribution in [0.5, 0.6) is 0 Å². The molecule has 0 aliphatic rings. The minimum absolute atomic E-state index is 0.123. The molecule has 1 rings (SSSR count). The van der Waals surface area contributed by atoms with E-state index < -0.39 is 7.12 Å². The van der Waals surface area contributed by atoms with Gasteiger partial charge in [-0.05, 0) is 13.8 Å². The van der Waals surface area contributed by atoms with E-state index >= 15 is 0 Å². The van der Waals surface area contributed by atoms with Crippen molar-refractivity contribution in [2.75, 3.05) is 0 Å². The van der Waals surface area contributed by atoms with E-state index in [-0.39, 0.29) is 5.66 Å². The van der Waals surface area contributed by atoms with Gasteiger partial charge in [-0.25, -0.2) is 0 Å². The van der Waals surface area contributed by atoms with Crippen LogP contribution in [0, 0.1) is 13.8 Å². The van der Waals surface area contributed by atoms with E-state index in [1.54, 1.807) is 13.8 Å². The van der Waals surface area contributed by atoms with E-state index in [0.29, 0.717) is 11.3 Å². The molecule has 0 bridgehead atoms. The number of aryl methyl sites for hydroxylation is 1. The maximum atomic E-state index is 8.64. The van der Waals surface area contributed by atoms with Crippen molar-refractivity contribution in [1.29, 1.82) is 0 Å². The lowest BCUT2D eigenvalue weighted by atomic mass is 9.84. The second kappa shape index (κ2) is 2.44. The SMILES string of the molecule is Cc1noc(B(O)O)c1C. The molecule has 0 aromatic carbocycles. The molecule has 0 unspecified atom stereocenters. The Morgan fingerprint density at radius 1 is 1.40 bits per heavy atom. The first kappa shape index (κ1) is 7.30. The van der Waals surface area contributed by atoms with E-state index in [1.807, 2.05) is 0 Å². The van der Waals surface area contributed by atoms with Gasteiger partial charge in [0.15, 0.2) is 5.66 Å². The smallest absolute Gasteiger partial charge is 0.421 e. The van der Waals surface area contributed by atoms with Crippen molar-refractivity contribution in [3.63, 3.8) is 0 Å². The number of hydrogen-bond acceptors (Lipinski definition) is 4. The molecule has 0 saturated heterocycles. The summed E-state index contributed by atoms with van der Waals surface area (Å²) in [5.74, 6) is 0. The molecule has 0 aliphatic heterocycles. The van der Waals surface area contributed by atoms with Crippen LogP contribution in [0.4, 0.5) is 0 Å². The van der Waals surface area contributed by atoms with E-state index in [9.17, 15) is 0 Å². The second-order valence-electron chi connectivity index (χ2n) is 2.13. The van der Waals surface area contributed by atoms with Gasteiger partial charge in [0.05, 0.1) is 5.69 Å². The summed E-state index contributed by atoms with van der Waals surface area (Å²) >= 11 is 0. The molecule has 0 radical (unpaired) electrons. The highest BCUT2D eigenvalue weighted by Gasteiger charge is 2.20. The van der Waals surface area contributed by atoms with Crippen LogP contribution in [-0.4, -0.2) is 22.3 Å². The summed E-state index contributed by atoms with van der Waals surface area (Å²) in [5, 5.41) is 20.8. The van der Waals surface area contributed by atoms with Crippen LogP contribution in [0.25, 0.3) is 0 Å². The lowest BCUT2D eigenvalue weighted by Crippen LogP contribution is -2.30. The van der Waals surface area contributed by atoms with E-state index in [1.165, 1.54) is 0 Å². The minimum Gasteiger partial charge on any atom is -0.421 e. The fourth-order valence-corrected chi connectivity index (χ4v) is 0.674. The van der Waals surface area contributed by atoms with Gasteiger partial charge < -0.3 is 14.6 Å². The summed E-state index contributed by atoms with van der Waals surface area (Å²) in [6.45, 7) is 3.46. The fraction of sp³-hybridized carbons (Fsp3) is 0.400. The Bertz CT molecular complexity index is 233. The summed E-state index contributed by atoms with van der Waals surface area (Å²) in [4.78, 5) is 0. The van der Waals surface area contributed by atoms with E-state index in [4.69, 9.17) is 10.0 Å². The molecule has 2 N–H and O–H groups in total. The predicted molar refractivity (Wildman–Crippen MR) is 35.8 cm³/mol. The summed E-state index contributed by atoms with van der Waals surface area (Å²) in [5.41, 5.74) is 1.50. The topological polar surface area (TPSA) is 66.5 Å². The third kappa shape index (κ3) is 1.05. The number of nitrogens with zero attached hydrogens (tertiary/aromatic N) is 1. The zero-order chi connectivity index (χ0) is 7.72. The Hall–Kier alpha value is -0.805. The first-order chi connectivity index (χ1) is 4.63. The van der Waals surface area contributed by atoms with Crippen molar-refractivity contribution in [3.8, 4) is 0 Å². The van der Waals surface area contributed by atoms with Crippen LogP contribution in [0.15, 0.2) is 4.52 Å². The van der Waals surface area contributed by atoms with Crippen molar-refractivity contribution in [1.82, 2.24) is 5.16 Å². The zero-order valence-electron chi connectivity index (χ0n) is 5.83. The molecule has 4 nitrogen and oxygen atoms in total. The Kier molecular flexibility index (Phi) is 1.78. The van der Waals surface area contributed by atoms with Gasteiger partial charge in [0, 0.05) is 5.56 Å². The van der Waals surface area contributed by atoms with Gasteiger partial charge in [-0.2, -0.15) is 0 Å². The van der Waals surface area contributed by atoms with Crippen molar-refractivity contribution < 1.29 is 14.6 Å². The highest BCUT2D eigenvalue weighted by Crippen LogP contribution is 1.99. The van der Waals surface area contributed by atoms with Crippen LogP contribution >= 0.6 is 0 Å². The lowest BCUT2D eigenvalue weighted by molar-refractivity contribution is 0.381. The molecule has 0 atom stereocenters. The zero-order valence-corrected chi connectivity index (χ0v) is 5.83. The highest BCUT2D eigenvalue weighted by molar-refractivity contribution is 6.57. The van der Waals surface area contributed by atoms with Crippen LogP contribution in [0.2, 0.25) is 0 Å². The largest absolute Gasteiger partial charge is 0.529 e. The normalized spacial score (nSPS) is 10.0. The molecule has 1 heterocycles. The van der Waals surface area contributed by atoms with Crippen molar-refractivity contribution >= 4 is 12.8 Å².